The first-order chi connectivity index (χ1) is 48.9. The van der Waals surface area contributed by atoms with Crippen molar-refractivity contribution in [1.82, 2.24) is 13.7 Å². The van der Waals surface area contributed by atoms with Crippen molar-refractivity contribution in [3.8, 4) is 107 Å². The van der Waals surface area contributed by atoms with E-state index in [1.165, 1.54) is 157 Å². The molecule has 3 aromatic heterocycles. The summed E-state index contributed by atoms with van der Waals surface area (Å²) >= 11 is 0. The van der Waals surface area contributed by atoms with Crippen molar-refractivity contribution in [2.24, 2.45) is 0 Å². The van der Waals surface area contributed by atoms with Crippen LogP contribution < -0.4 is 13.7 Å². The second kappa shape index (κ2) is 27.8. The molecule has 11 aromatic carbocycles. The molecule has 0 bridgehead atoms. The highest BCUT2D eigenvalue weighted by atomic mass is 15.2. The molecule has 6 heteroatoms. The van der Waals surface area contributed by atoms with Crippen LogP contribution in [0.3, 0.4) is 0 Å². The molecular formula is C94H91N6+3. The molecule has 100 heavy (non-hydrogen) atoms. The van der Waals surface area contributed by atoms with E-state index in [4.69, 9.17) is 0 Å². The number of aromatic nitrogens is 6. The summed E-state index contributed by atoms with van der Waals surface area (Å²) in [6.45, 7) is 26.0. The number of benzene rings is 11. The lowest BCUT2D eigenvalue weighted by atomic mass is 9.81. The molecule has 6 nitrogen and oxygen atoms in total. The lowest BCUT2D eigenvalue weighted by Crippen LogP contribution is -2.30. The van der Waals surface area contributed by atoms with E-state index in [-0.39, 0.29) is 0 Å². The third kappa shape index (κ3) is 11.8. The van der Waals surface area contributed by atoms with Gasteiger partial charge in [0.1, 0.15) is 73.9 Å². The highest BCUT2D eigenvalue weighted by molar-refractivity contribution is 5.87. The second-order valence-electron chi connectivity index (χ2n) is 28.4. The monoisotopic (exact) mass is 1300 g/mol. The average molecular weight is 1300 g/mol. The molecule has 0 N–H and O–H groups in total. The molecule has 14 aromatic rings. The SMILES string of the molecule is CC(C)c1c(-c2ccccc2)cc(-c2ccccc2)c(C(C)C)c1-n1cc[n+]2c1-c1ccccc1C2.CC(C)c1ccc(-c2ccccc2)c(C(C)C)c1-n1cc[n+]2c1-c1ccccc1C2.CCc1c(-c2ccccc2)cc(-c2ccccc2)c(CC)c1-n1cc[n+]2c1-c1ccccc1C2. The molecule has 0 atom stereocenters. The summed E-state index contributed by atoms with van der Waals surface area (Å²) in [7, 11) is 0. The molecule has 0 saturated carbocycles. The standard InChI is InChI=1S/C34H33N2.C32H29N2.C28H29N2/c1-23(2)31-29(25-13-7-5-8-14-25)21-30(26-15-9-6-10-16-26)32(24(3)4)33(31)36-20-19-35-22-27-17-11-12-18-28(27)34(35)36;1-3-26-29(23-13-7-5-8-14-23)21-30(24-15-9-6-10-16-24)27(4-2)31(26)34-20-19-33-22-25-17-11-12-18-28(25)32(33)34;1-19(2)23-14-15-24(21-10-6-5-7-11-21)26(20(3)4)27(23)30-17-16-29-18-22-12-8-9-13-25(22)28(29)30/h5-21,23-24H,22H2,1-4H3;5-21H,3-4,22H2,1-2H3;5-17,19-20H,18H2,1-4H3/q3*+1. The van der Waals surface area contributed by atoms with Gasteiger partial charge in [-0.1, -0.05) is 288 Å². The Morgan fingerprint density at radius 1 is 0.280 bits per heavy atom. The molecule has 0 aliphatic carbocycles. The fourth-order valence-electron chi connectivity index (χ4n) is 16.4. The largest absolute Gasteiger partial charge is 0.294 e. The van der Waals surface area contributed by atoms with Crippen LogP contribution in [0.25, 0.3) is 107 Å². The zero-order chi connectivity index (χ0) is 68.7. The van der Waals surface area contributed by atoms with Crippen molar-refractivity contribution >= 4 is 0 Å². The van der Waals surface area contributed by atoms with E-state index in [1.54, 1.807) is 0 Å². The molecule has 3 aliphatic rings. The van der Waals surface area contributed by atoms with Crippen LogP contribution in [0.5, 0.6) is 0 Å². The minimum absolute atomic E-state index is 0.359. The third-order valence-corrected chi connectivity index (χ3v) is 20.8. The van der Waals surface area contributed by atoms with E-state index in [2.05, 4.69) is 383 Å². The quantitative estimate of drug-likeness (QED) is 0.0970. The van der Waals surface area contributed by atoms with Gasteiger partial charge in [0.2, 0.25) is 0 Å². The van der Waals surface area contributed by atoms with Gasteiger partial charge < -0.3 is 0 Å². The Bertz CT molecular complexity index is 5140. The highest BCUT2D eigenvalue weighted by Gasteiger charge is 2.38. The minimum atomic E-state index is 0.359. The lowest BCUT2D eigenvalue weighted by molar-refractivity contribution is -0.671. The van der Waals surface area contributed by atoms with Gasteiger partial charge >= 0.3 is 0 Å². The van der Waals surface area contributed by atoms with Gasteiger partial charge in [-0.05, 0) is 122 Å². The number of hydrogen-bond acceptors (Lipinski definition) is 0. The second-order valence-corrected chi connectivity index (χ2v) is 28.4. The topological polar surface area (TPSA) is 26.4 Å². The van der Waals surface area contributed by atoms with Gasteiger partial charge in [-0.3, -0.25) is 0 Å². The highest BCUT2D eigenvalue weighted by Crippen LogP contribution is 2.48. The molecule has 0 spiro atoms. The Morgan fingerprint density at radius 3 is 0.910 bits per heavy atom. The van der Waals surface area contributed by atoms with Crippen LogP contribution in [0, 0.1) is 0 Å². The minimum Gasteiger partial charge on any atom is -0.225 e. The Balaban J connectivity index is 0.000000122. The normalized spacial score (nSPS) is 12.2. The van der Waals surface area contributed by atoms with Gasteiger partial charge in [0, 0.05) is 50.1 Å². The maximum absolute atomic E-state index is 2.48. The fourth-order valence-corrected chi connectivity index (χ4v) is 16.4. The smallest absolute Gasteiger partial charge is 0.225 e. The number of nitrogens with zero attached hydrogens (tertiary/aromatic N) is 6. The van der Waals surface area contributed by atoms with Crippen molar-refractivity contribution in [2.45, 2.75) is 125 Å². The van der Waals surface area contributed by atoms with Crippen molar-refractivity contribution < 1.29 is 13.7 Å². The third-order valence-electron chi connectivity index (χ3n) is 20.8. The predicted octanol–water partition coefficient (Wildman–Crippen LogP) is 22.3. The predicted molar refractivity (Wildman–Crippen MR) is 414 cm³/mol. The zero-order valence-electron chi connectivity index (χ0n) is 59.7. The van der Waals surface area contributed by atoms with E-state index in [0.717, 1.165) is 32.5 Å². The van der Waals surface area contributed by atoms with Crippen LogP contribution >= 0.6 is 0 Å². The number of imidazole rings is 3. The molecule has 6 heterocycles. The van der Waals surface area contributed by atoms with Crippen LogP contribution in [-0.2, 0) is 32.5 Å². The van der Waals surface area contributed by atoms with Gasteiger partial charge in [-0.15, -0.1) is 0 Å². The van der Waals surface area contributed by atoms with E-state index in [1.807, 2.05) is 0 Å². The maximum atomic E-state index is 2.48. The fraction of sp³-hybridized carbons (Fsp3) is 0.202. The molecule has 3 aliphatic heterocycles. The maximum Gasteiger partial charge on any atom is 0.294 e. The van der Waals surface area contributed by atoms with E-state index in [9.17, 15) is 0 Å². The van der Waals surface area contributed by atoms with E-state index >= 15 is 0 Å². The van der Waals surface area contributed by atoms with E-state index in [0.29, 0.717) is 23.7 Å². The van der Waals surface area contributed by atoms with Gasteiger partial charge in [0.25, 0.3) is 17.5 Å². The van der Waals surface area contributed by atoms with Crippen LogP contribution in [-0.4, -0.2) is 13.7 Å². The Morgan fingerprint density at radius 2 is 0.570 bits per heavy atom. The molecule has 0 unspecified atom stereocenters. The van der Waals surface area contributed by atoms with Gasteiger partial charge in [-0.2, -0.15) is 13.7 Å². The van der Waals surface area contributed by atoms with Crippen molar-refractivity contribution in [1.29, 1.82) is 0 Å². The summed E-state index contributed by atoms with van der Waals surface area (Å²) in [6, 6.07) is 90.3. The molecule has 0 saturated heterocycles. The number of rotatable bonds is 14. The van der Waals surface area contributed by atoms with Crippen molar-refractivity contribution in [3.63, 3.8) is 0 Å². The summed E-state index contributed by atoms with van der Waals surface area (Å²) in [5.74, 6) is 5.42. The Hall–Kier alpha value is -11.0. The number of fused-ring (bicyclic) bond motifs is 9. The summed E-state index contributed by atoms with van der Waals surface area (Å²) in [4.78, 5) is 0. The summed E-state index contributed by atoms with van der Waals surface area (Å²) in [5, 5.41) is 0. The first-order valence-electron chi connectivity index (χ1n) is 36.3. The van der Waals surface area contributed by atoms with Crippen LogP contribution in [0.1, 0.15) is 143 Å². The molecule has 494 valence electrons. The molecule has 0 radical (unpaired) electrons. The molecular weight excluding hydrogens is 1210 g/mol. The summed E-state index contributed by atoms with van der Waals surface area (Å²) in [5.41, 5.74) is 33.7. The summed E-state index contributed by atoms with van der Waals surface area (Å²) < 4.78 is 14.6. The average Bonchev–Trinajstić information content (AvgIpc) is 1.46. The number of hydrogen-bond donors (Lipinski definition) is 0. The van der Waals surface area contributed by atoms with Crippen LogP contribution in [0.2, 0.25) is 0 Å². The molecule has 0 amide bonds. The Labute approximate surface area is 592 Å². The van der Waals surface area contributed by atoms with Crippen molar-refractivity contribution in [2.75, 3.05) is 0 Å². The Kier molecular flexibility index (Phi) is 18.0. The zero-order valence-corrected chi connectivity index (χ0v) is 59.7. The van der Waals surface area contributed by atoms with Gasteiger partial charge in [-0.25, -0.2) is 13.7 Å². The summed E-state index contributed by atoms with van der Waals surface area (Å²) in [6.07, 6.45) is 15.5. The first kappa shape index (κ1) is 65.0. The first-order valence-corrected chi connectivity index (χ1v) is 36.3. The van der Waals surface area contributed by atoms with E-state index < -0.39 is 0 Å². The lowest BCUT2D eigenvalue weighted by Gasteiger charge is -2.25. The van der Waals surface area contributed by atoms with Gasteiger partial charge in [0.15, 0.2) is 0 Å². The molecule has 0 fully saturated rings. The van der Waals surface area contributed by atoms with Crippen LogP contribution in [0.15, 0.2) is 286 Å². The van der Waals surface area contributed by atoms with Crippen LogP contribution in [0.4, 0.5) is 0 Å². The molecule has 17 rings (SSSR count). The van der Waals surface area contributed by atoms with Gasteiger partial charge in [0.05, 0.1) is 16.7 Å². The van der Waals surface area contributed by atoms with Crippen molar-refractivity contribution in [3.05, 3.63) is 336 Å².